The molecule has 24 heavy (non-hydrogen) atoms. The van der Waals surface area contributed by atoms with Crippen molar-refractivity contribution in [2.45, 2.75) is 26.4 Å². The zero-order valence-corrected chi connectivity index (χ0v) is 14.1. The number of hydrogen-bond acceptors (Lipinski definition) is 4. The van der Waals surface area contributed by atoms with E-state index < -0.39 is 0 Å². The van der Waals surface area contributed by atoms with Crippen molar-refractivity contribution < 1.29 is 4.79 Å². The van der Waals surface area contributed by atoms with Crippen LogP contribution in [-0.2, 0) is 6.54 Å². The first kappa shape index (κ1) is 15.1. The average Bonchev–Trinajstić information content (AvgIpc) is 3.10. The Morgan fingerprint density at radius 1 is 1.21 bits per heavy atom. The van der Waals surface area contributed by atoms with Crippen LogP contribution in [0.2, 0.25) is 0 Å². The van der Waals surface area contributed by atoms with Gasteiger partial charge in [0.1, 0.15) is 0 Å². The first-order chi connectivity index (χ1) is 11.6. The molecule has 0 bridgehead atoms. The van der Waals surface area contributed by atoms with Crippen LogP contribution in [0.15, 0.2) is 24.4 Å². The number of hydrogen-bond donors (Lipinski definition) is 1. The van der Waals surface area contributed by atoms with E-state index in [1.807, 2.05) is 11.1 Å². The fourth-order valence-electron chi connectivity index (χ4n) is 3.49. The number of amides is 2. The highest BCUT2D eigenvalue weighted by molar-refractivity contribution is 5.76. The van der Waals surface area contributed by atoms with E-state index in [1.165, 1.54) is 11.1 Å². The average molecular weight is 326 g/mol. The Morgan fingerprint density at radius 3 is 2.62 bits per heavy atom. The van der Waals surface area contributed by atoms with Crippen molar-refractivity contribution in [2.75, 3.05) is 26.2 Å². The molecule has 2 aromatic rings. The second kappa shape index (κ2) is 5.90. The third-order valence-electron chi connectivity index (χ3n) is 4.63. The Balaban J connectivity index is 1.37. The summed E-state index contributed by atoms with van der Waals surface area (Å²) in [7, 11) is 0. The molecular weight excluding hydrogens is 304 g/mol. The van der Waals surface area contributed by atoms with Gasteiger partial charge in [0.15, 0.2) is 0 Å². The summed E-state index contributed by atoms with van der Waals surface area (Å²) in [5.41, 5.74) is 4.36. The van der Waals surface area contributed by atoms with Crippen molar-refractivity contribution in [3.05, 3.63) is 41.2 Å². The van der Waals surface area contributed by atoms with Crippen LogP contribution in [0.4, 0.5) is 4.79 Å². The Labute approximate surface area is 141 Å². The Kier molecular flexibility index (Phi) is 3.72. The fraction of sp³-hybridized carbons (Fsp3) is 0.471. The van der Waals surface area contributed by atoms with Crippen LogP contribution in [0, 0.1) is 13.8 Å². The van der Waals surface area contributed by atoms with Crippen LogP contribution in [0.25, 0.3) is 5.69 Å². The second-order valence-electron chi connectivity index (χ2n) is 6.74. The zero-order valence-electron chi connectivity index (χ0n) is 14.1. The molecule has 1 aromatic heterocycles. The maximum absolute atomic E-state index is 11.7. The van der Waals surface area contributed by atoms with Crippen LogP contribution in [0.3, 0.4) is 0 Å². The van der Waals surface area contributed by atoms with E-state index in [1.54, 1.807) is 4.80 Å². The third kappa shape index (κ3) is 2.87. The molecule has 0 atom stereocenters. The molecule has 4 rings (SSSR count). The van der Waals surface area contributed by atoms with Crippen LogP contribution in [-0.4, -0.2) is 63.0 Å². The number of carbonyl (C=O) groups is 1. The summed E-state index contributed by atoms with van der Waals surface area (Å²) in [6, 6.07) is 6.72. The molecule has 2 saturated heterocycles. The molecule has 2 aliphatic heterocycles. The number of urea groups is 1. The number of nitrogens with one attached hydrogen (secondary N) is 1. The molecule has 7 heteroatoms. The van der Waals surface area contributed by atoms with Crippen LogP contribution in [0.1, 0.15) is 16.8 Å². The van der Waals surface area contributed by atoms with Crippen LogP contribution >= 0.6 is 0 Å². The minimum absolute atomic E-state index is 0.0698. The van der Waals surface area contributed by atoms with E-state index in [0.717, 1.165) is 44.1 Å². The van der Waals surface area contributed by atoms with E-state index in [0.29, 0.717) is 6.04 Å². The lowest BCUT2D eigenvalue weighted by atomic mass is 10.1. The summed E-state index contributed by atoms with van der Waals surface area (Å²) in [5, 5.41) is 11.8. The Hall–Kier alpha value is -2.41. The van der Waals surface area contributed by atoms with Crippen molar-refractivity contribution in [1.82, 2.24) is 30.1 Å². The maximum atomic E-state index is 11.7. The van der Waals surface area contributed by atoms with Gasteiger partial charge < -0.3 is 10.2 Å². The number of nitrogens with zero attached hydrogens (tertiary/aromatic N) is 5. The molecule has 1 aromatic carbocycles. The molecule has 0 saturated carbocycles. The molecule has 0 aliphatic carbocycles. The van der Waals surface area contributed by atoms with Gasteiger partial charge in [0.2, 0.25) is 0 Å². The molecule has 3 heterocycles. The van der Waals surface area contributed by atoms with Crippen molar-refractivity contribution in [1.29, 1.82) is 0 Å². The number of benzene rings is 1. The summed E-state index contributed by atoms with van der Waals surface area (Å²) in [5.74, 6) is 0. The van der Waals surface area contributed by atoms with Crippen molar-refractivity contribution >= 4 is 6.03 Å². The Bertz CT molecular complexity index is 744. The SMILES string of the molecule is Cc1cc(C)cc(-n2ncc(CN3CC(N4CCNC4=O)C3)n2)c1. The topological polar surface area (TPSA) is 66.3 Å². The highest BCUT2D eigenvalue weighted by Gasteiger charge is 2.36. The number of aryl methyl sites for hydroxylation is 2. The Morgan fingerprint density at radius 2 is 1.96 bits per heavy atom. The molecule has 2 aliphatic rings. The molecule has 0 spiro atoms. The van der Waals surface area contributed by atoms with E-state index in [-0.39, 0.29) is 6.03 Å². The lowest BCUT2D eigenvalue weighted by Crippen LogP contribution is -2.59. The van der Waals surface area contributed by atoms with E-state index in [4.69, 9.17) is 0 Å². The quantitative estimate of drug-likeness (QED) is 0.913. The summed E-state index contributed by atoms with van der Waals surface area (Å²) >= 11 is 0. The minimum Gasteiger partial charge on any atom is -0.336 e. The third-order valence-corrected chi connectivity index (χ3v) is 4.63. The molecule has 2 fully saturated rings. The van der Waals surface area contributed by atoms with E-state index >= 15 is 0 Å². The van der Waals surface area contributed by atoms with Gasteiger partial charge in [0.25, 0.3) is 0 Å². The van der Waals surface area contributed by atoms with Crippen LogP contribution < -0.4 is 5.32 Å². The lowest BCUT2D eigenvalue weighted by Gasteiger charge is -2.43. The van der Waals surface area contributed by atoms with E-state index in [9.17, 15) is 4.79 Å². The predicted molar refractivity (Wildman–Crippen MR) is 90.0 cm³/mol. The second-order valence-corrected chi connectivity index (χ2v) is 6.74. The molecule has 0 radical (unpaired) electrons. The standard InChI is InChI=1S/C17H22N6O/c1-12-5-13(2)7-15(6-12)23-19-8-14(20-23)9-21-10-16(11-21)22-4-3-18-17(22)24/h5-8,16H,3-4,9-11H2,1-2H3,(H,18,24). The highest BCUT2D eigenvalue weighted by Crippen LogP contribution is 2.19. The van der Waals surface area contributed by atoms with Gasteiger partial charge in [-0.05, 0) is 37.1 Å². The first-order valence-corrected chi connectivity index (χ1v) is 8.35. The lowest BCUT2D eigenvalue weighted by molar-refractivity contribution is 0.0578. The summed E-state index contributed by atoms with van der Waals surface area (Å²) in [6.45, 7) is 8.33. The first-order valence-electron chi connectivity index (χ1n) is 8.35. The number of rotatable bonds is 4. The number of likely N-dealkylation sites (tertiary alicyclic amines) is 1. The predicted octanol–water partition coefficient (Wildman–Crippen LogP) is 1.09. The summed E-state index contributed by atoms with van der Waals surface area (Å²) in [6.07, 6.45) is 1.83. The van der Waals surface area contributed by atoms with Gasteiger partial charge in [-0.25, -0.2) is 4.79 Å². The van der Waals surface area contributed by atoms with E-state index in [2.05, 4.69) is 52.5 Å². The fourth-order valence-corrected chi connectivity index (χ4v) is 3.49. The van der Waals surface area contributed by atoms with Gasteiger partial charge in [-0.1, -0.05) is 6.07 Å². The minimum atomic E-state index is 0.0698. The summed E-state index contributed by atoms with van der Waals surface area (Å²) < 4.78 is 0. The zero-order chi connectivity index (χ0) is 16.7. The van der Waals surface area contributed by atoms with Gasteiger partial charge >= 0.3 is 6.03 Å². The maximum Gasteiger partial charge on any atom is 0.317 e. The highest BCUT2D eigenvalue weighted by atomic mass is 16.2. The normalized spacial score (nSPS) is 18.8. The van der Waals surface area contributed by atoms with Crippen molar-refractivity contribution in [3.8, 4) is 5.69 Å². The molecular formula is C17H22N6O. The van der Waals surface area contributed by atoms with Crippen molar-refractivity contribution in [3.63, 3.8) is 0 Å². The summed E-state index contributed by atoms with van der Waals surface area (Å²) in [4.78, 5) is 17.6. The van der Waals surface area contributed by atoms with Gasteiger partial charge in [-0.3, -0.25) is 4.90 Å². The van der Waals surface area contributed by atoms with Gasteiger partial charge in [0, 0.05) is 32.7 Å². The molecule has 126 valence electrons. The monoisotopic (exact) mass is 326 g/mol. The largest absolute Gasteiger partial charge is 0.336 e. The van der Waals surface area contributed by atoms with Crippen LogP contribution in [0.5, 0.6) is 0 Å². The molecule has 1 N–H and O–H groups in total. The molecule has 2 amide bonds. The van der Waals surface area contributed by atoms with Gasteiger partial charge in [-0.15, -0.1) is 0 Å². The molecule has 7 nitrogen and oxygen atoms in total. The smallest absolute Gasteiger partial charge is 0.317 e. The van der Waals surface area contributed by atoms with Crippen molar-refractivity contribution in [2.24, 2.45) is 0 Å². The van der Waals surface area contributed by atoms with Gasteiger partial charge in [0.05, 0.1) is 23.6 Å². The number of carbonyl (C=O) groups excluding carboxylic acids is 1. The van der Waals surface area contributed by atoms with Gasteiger partial charge in [-0.2, -0.15) is 15.0 Å². The number of aromatic nitrogens is 3. The molecule has 0 unspecified atom stereocenters.